The zero-order valence-electron chi connectivity index (χ0n) is 19.3. The number of benzene rings is 2. The van der Waals surface area contributed by atoms with E-state index in [2.05, 4.69) is 62.1 Å². The molecule has 2 aromatic carbocycles. The van der Waals surface area contributed by atoms with Gasteiger partial charge in [-0.05, 0) is 68.0 Å². The summed E-state index contributed by atoms with van der Waals surface area (Å²) >= 11 is 1.89. The van der Waals surface area contributed by atoms with Gasteiger partial charge in [0.05, 0.1) is 5.69 Å². The number of likely N-dealkylation sites (tertiary alicyclic amines) is 1. The number of thiazole rings is 1. The molecular formula is C27H32N2O2S. The lowest BCUT2D eigenvalue weighted by atomic mass is 9.95. The fourth-order valence-electron chi connectivity index (χ4n) is 5.06. The van der Waals surface area contributed by atoms with E-state index in [0.717, 1.165) is 37.4 Å². The van der Waals surface area contributed by atoms with Gasteiger partial charge in [0.1, 0.15) is 5.01 Å². The zero-order valence-corrected chi connectivity index (χ0v) is 20.1. The maximum absolute atomic E-state index is 5.65. The van der Waals surface area contributed by atoms with Crippen LogP contribution in [0.1, 0.15) is 66.4 Å². The lowest BCUT2D eigenvalue weighted by Crippen LogP contribution is -2.32. The van der Waals surface area contributed by atoms with E-state index in [1.54, 1.807) is 0 Å². The minimum Gasteiger partial charge on any atom is -0.454 e. The smallest absolute Gasteiger partial charge is 0.231 e. The number of fused-ring (bicyclic) bond motifs is 1. The maximum Gasteiger partial charge on any atom is 0.231 e. The van der Waals surface area contributed by atoms with Gasteiger partial charge >= 0.3 is 0 Å². The van der Waals surface area contributed by atoms with Crippen molar-refractivity contribution in [1.82, 2.24) is 9.88 Å². The summed E-state index contributed by atoms with van der Waals surface area (Å²) < 4.78 is 11.2. The Labute approximate surface area is 195 Å². The molecular weight excluding hydrogens is 416 g/mol. The molecule has 2 aliphatic rings. The SMILES string of the molecule is CCc1cccc(CC)c1-c1nc(C)c(CN2CCCCC2c2ccc3c(c2)OCO3)s1. The molecule has 0 N–H and O–H groups in total. The third-order valence-corrected chi connectivity index (χ3v) is 8.01. The number of nitrogens with zero attached hydrogens (tertiary/aromatic N) is 2. The lowest BCUT2D eigenvalue weighted by Gasteiger charge is -2.36. The van der Waals surface area contributed by atoms with Crippen molar-refractivity contribution in [1.29, 1.82) is 0 Å². The summed E-state index contributed by atoms with van der Waals surface area (Å²) in [4.78, 5) is 9.09. The van der Waals surface area contributed by atoms with Crippen LogP contribution in [-0.2, 0) is 19.4 Å². The van der Waals surface area contributed by atoms with E-state index in [4.69, 9.17) is 14.5 Å². The summed E-state index contributed by atoms with van der Waals surface area (Å²) in [6, 6.07) is 13.6. The van der Waals surface area contributed by atoms with Crippen molar-refractivity contribution in [3.63, 3.8) is 0 Å². The molecule has 0 radical (unpaired) electrons. The first-order valence-electron chi connectivity index (χ1n) is 11.9. The van der Waals surface area contributed by atoms with Crippen molar-refractivity contribution in [2.75, 3.05) is 13.3 Å². The molecule has 1 unspecified atom stereocenters. The topological polar surface area (TPSA) is 34.6 Å². The molecule has 5 heteroatoms. The van der Waals surface area contributed by atoms with Crippen molar-refractivity contribution in [3.8, 4) is 22.1 Å². The molecule has 1 atom stereocenters. The van der Waals surface area contributed by atoms with E-state index < -0.39 is 0 Å². The average molecular weight is 449 g/mol. The van der Waals surface area contributed by atoms with E-state index in [1.165, 1.54) is 57.1 Å². The Morgan fingerprint density at radius 2 is 1.81 bits per heavy atom. The normalized spacial score (nSPS) is 18.3. The Balaban J connectivity index is 1.43. The van der Waals surface area contributed by atoms with E-state index in [1.807, 2.05) is 11.3 Å². The van der Waals surface area contributed by atoms with Crippen molar-refractivity contribution in [2.45, 2.75) is 65.5 Å². The van der Waals surface area contributed by atoms with Crippen LogP contribution >= 0.6 is 11.3 Å². The Morgan fingerprint density at radius 3 is 2.59 bits per heavy atom. The van der Waals surface area contributed by atoms with Gasteiger partial charge in [-0.1, -0.05) is 44.5 Å². The van der Waals surface area contributed by atoms with Crippen LogP contribution in [0.4, 0.5) is 0 Å². The molecule has 1 aromatic heterocycles. The van der Waals surface area contributed by atoms with Crippen molar-refractivity contribution >= 4 is 11.3 Å². The van der Waals surface area contributed by atoms with Gasteiger partial charge in [0.2, 0.25) is 6.79 Å². The zero-order chi connectivity index (χ0) is 22.1. The van der Waals surface area contributed by atoms with Crippen LogP contribution in [0.5, 0.6) is 11.5 Å². The number of rotatable bonds is 6. The highest BCUT2D eigenvalue weighted by molar-refractivity contribution is 7.15. The maximum atomic E-state index is 5.65. The molecule has 0 aliphatic carbocycles. The number of hydrogen-bond acceptors (Lipinski definition) is 5. The summed E-state index contributed by atoms with van der Waals surface area (Å²) in [7, 11) is 0. The lowest BCUT2D eigenvalue weighted by molar-refractivity contribution is 0.141. The highest BCUT2D eigenvalue weighted by atomic mass is 32.1. The molecule has 3 aromatic rings. The number of hydrogen-bond donors (Lipinski definition) is 0. The molecule has 0 spiro atoms. The highest BCUT2D eigenvalue weighted by Gasteiger charge is 2.27. The molecule has 4 nitrogen and oxygen atoms in total. The minimum absolute atomic E-state index is 0.328. The monoisotopic (exact) mass is 448 g/mol. The van der Waals surface area contributed by atoms with E-state index >= 15 is 0 Å². The molecule has 0 amide bonds. The van der Waals surface area contributed by atoms with Crippen LogP contribution in [0.3, 0.4) is 0 Å². The number of ether oxygens (including phenoxy) is 2. The van der Waals surface area contributed by atoms with Crippen LogP contribution in [-0.4, -0.2) is 23.2 Å². The fourth-order valence-corrected chi connectivity index (χ4v) is 6.27. The van der Waals surface area contributed by atoms with Crippen LogP contribution in [0, 0.1) is 6.92 Å². The molecule has 32 heavy (non-hydrogen) atoms. The molecule has 1 fully saturated rings. The van der Waals surface area contributed by atoms with Crippen molar-refractivity contribution in [3.05, 3.63) is 63.7 Å². The summed E-state index contributed by atoms with van der Waals surface area (Å²) in [5, 5.41) is 1.18. The van der Waals surface area contributed by atoms with Gasteiger partial charge in [-0.2, -0.15) is 0 Å². The standard InChI is InChI=1S/C27H32N2O2S/c1-4-19-9-8-10-20(5-2)26(19)27-28-18(3)25(32-27)16-29-14-7-6-11-22(29)21-12-13-23-24(15-21)31-17-30-23/h8-10,12-13,15,22H,4-7,11,14,16-17H2,1-3H3. The molecule has 168 valence electrons. The first kappa shape index (κ1) is 21.5. The number of aromatic nitrogens is 1. The predicted molar refractivity (Wildman–Crippen MR) is 131 cm³/mol. The second kappa shape index (κ2) is 9.24. The van der Waals surface area contributed by atoms with E-state index in [0.29, 0.717) is 12.8 Å². The van der Waals surface area contributed by atoms with Crippen LogP contribution in [0.2, 0.25) is 0 Å². The minimum atomic E-state index is 0.328. The summed E-state index contributed by atoms with van der Waals surface area (Å²) in [6.45, 7) is 9.06. The van der Waals surface area contributed by atoms with Gasteiger partial charge in [-0.3, -0.25) is 4.90 Å². The molecule has 3 heterocycles. The summed E-state index contributed by atoms with van der Waals surface area (Å²) in [6.07, 6.45) is 5.78. The fraction of sp³-hybridized carbons (Fsp3) is 0.444. The van der Waals surface area contributed by atoms with Crippen molar-refractivity contribution in [2.24, 2.45) is 0 Å². The first-order valence-corrected chi connectivity index (χ1v) is 12.7. The first-order chi connectivity index (χ1) is 15.7. The van der Waals surface area contributed by atoms with Gasteiger partial charge < -0.3 is 9.47 Å². The Morgan fingerprint density at radius 1 is 1.03 bits per heavy atom. The van der Waals surface area contributed by atoms with E-state index in [9.17, 15) is 0 Å². The molecule has 1 saturated heterocycles. The molecule has 2 aliphatic heterocycles. The molecule has 5 rings (SSSR count). The van der Waals surface area contributed by atoms with Crippen molar-refractivity contribution < 1.29 is 9.47 Å². The van der Waals surface area contributed by atoms with Gasteiger partial charge in [0.25, 0.3) is 0 Å². The van der Waals surface area contributed by atoms with Gasteiger partial charge in [-0.25, -0.2) is 4.98 Å². The predicted octanol–water partition coefficient (Wildman–Crippen LogP) is 6.70. The third-order valence-electron chi connectivity index (χ3n) is 6.85. The Bertz CT molecular complexity index is 1080. The van der Waals surface area contributed by atoms with Crippen LogP contribution < -0.4 is 9.47 Å². The summed E-state index contributed by atoms with van der Waals surface area (Å²) in [5.41, 5.74) is 6.68. The second-order valence-corrected chi connectivity index (χ2v) is 9.86. The second-order valence-electron chi connectivity index (χ2n) is 8.78. The third kappa shape index (κ3) is 4.04. The van der Waals surface area contributed by atoms with Crippen LogP contribution in [0.15, 0.2) is 36.4 Å². The van der Waals surface area contributed by atoms with Gasteiger partial charge in [0.15, 0.2) is 11.5 Å². The van der Waals surface area contributed by atoms with Gasteiger partial charge in [0, 0.05) is 23.0 Å². The van der Waals surface area contributed by atoms with E-state index in [-0.39, 0.29) is 0 Å². The molecule has 0 bridgehead atoms. The van der Waals surface area contributed by atoms with Gasteiger partial charge in [-0.15, -0.1) is 11.3 Å². The molecule has 0 saturated carbocycles. The largest absolute Gasteiger partial charge is 0.454 e. The van der Waals surface area contributed by atoms with Crippen LogP contribution in [0.25, 0.3) is 10.6 Å². The Kier molecular flexibility index (Phi) is 6.20. The highest BCUT2D eigenvalue weighted by Crippen LogP contribution is 2.40. The number of piperidine rings is 1. The average Bonchev–Trinajstić information content (AvgIpc) is 3.44. The quantitative estimate of drug-likeness (QED) is 0.420. The Hall–Kier alpha value is -2.37. The summed E-state index contributed by atoms with van der Waals surface area (Å²) in [5.74, 6) is 1.74. The number of aryl methyl sites for hydroxylation is 3.